The first kappa shape index (κ1) is 11.9. The molecule has 0 aliphatic heterocycles. The van der Waals surface area contributed by atoms with Crippen molar-refractivity contribution >= 4 is 39.3 Å². The summed E-state index contributed by atoms with van der Waals surface area (Å²) in [6.45, 7) is 0. The molecule has 5 nitrogen and oxygen atoms in total. The van der Waals surface area contributed by atoms with Gasteiger partial charge in [-0.25, -0.2) is 9.97 Å². The van der Waals surface area contributed by atoms with Crippen LogP contribution in [0.5, 0.6) is 0 Å². The van der Waals surface area contributed by atoms with Crippen LogP contribution in [0.25, 0.3) is 0 Å². The zero-order valence-corrected chi connectivity index (χ0v) is 10.7. The summed E-state index contributed by atoms with van der Waals surface area (Å²) >= 11 is 9.05. The molecule has 0 aliphatic rings. The summed E-state index contributed by atoms with van der Waals surface area (Å²) in [6.07, 6.45) is 5.96. The van der Waals surface area contributed by atoms with Crippen LogP contribution < -0.4 is 5.32 Å². The van der Waals surface area contributed by atoms with Gasteiger partial charge in [-0.05, 0) is 22.0 Å². The Morgan fingerprint density at radius 2 is 2.12 bits per heavy atom. The lowest BCUT2D eigenvalue weighted by Crippen LogP contribution is -2.14. The van der Waals surface area contributed by atoms with Gasteiger partial charge >= 0.3 is 0 Å². The maximum absolute atomic E-state index is 11.9. The molecule has 17 heavy (non-hydrogen) atoms. The van der Waals surface area contributed by atoms with Crippen LogP contribution in [-0.4, -0.2) is 20.9 Å². The lowest BCUT2D eigenvalue weighted by molar-refractivity contribution is 0.102. The van der Waals surface area contributed by atoms with E-state index in [9.17, 15) is 4.79 Å². The SMILES string of the molecule is O=C(Nc1cnccn1)c1cc(Br)cnc1Cl. The molecule has 0 unspecified atom stereocenters. The minimum Gasteiger partial charge on any atom is -0.305 e. The van der Waals surface area contributed by atoms with Crippen molar-refractivity contribution in [1.29, 1.82) is 0 Å². The fourth-order valence-electron chi connectivity index (χ4n) is 1.13. The summed E-state index contributed by atoms with van der Waals surface area (Å²) in [6, 6.07) is 1.58. The molecule has 0 aliphatic carbocycles. The van der Waals surface area contributed by atoms with Gasteiger partial charge in [-0.1, -0.05) is 11.6 Å². The number of aromatic nitrogens is 3. The Balaban J connectivity index is 2.23. The van der Waals surface area contributed by atoms with Gasteiger partial charge in [-0.15, -0.1) is 0 Å². The van der Waals surface area contributed by atoms with Gasteiger partial charge in [0.2, 0.25) is 0 Å². The molecule has 0 saturated heterocycles. The summed E-state index contributed by atoms with van der Waals surface area (Å²) in [4.78, 5) is 23.5. The number of amides is 1. The number of rotatable bonds is 2. The smallest absolute Gasteiger partial charge is 0.260 e. The van der Waals surface area contributed by atoms with Gasteiger partial charge in [0, 0.05) is 23.1 Å². The quantitative estimate of drug-likeness (QED) is 0.865. The van der Waals surface area contributed by atoms with E-state index in [2.05, 4.69) is 36.2 Å². The number of carbonyl (C=O) groups is 1. The molecule has 0 fully saturated rings. The average Bonchev–Trinajstić information content (AvgIpc) is 2.33. The minimum atomic E-state index is -0.385. The fraction of sp³-hybridized carbons (Fsp3) is 0. The van der Waals surface area contributed by atoms with E-state index in [1.54, 1.807) is 6.07 Å². The molecule has 0 atom stereocenters. The molecule has 0 saturated carbocycles. The van der Waals surface area contributed by atoms with Crippen LogP contribution >= 0.6 is 27.5 Å². The molecule has 2 aromatic rings. The zero-order chi connectivity index (χ0) is 12.3. The van der Waals surface area contributed by atoms with Gasteiger partial charge in [0.15, 0.2) is 5.82 Å². The third-order valence-corrected chi connectivity index (χ3v) is 2.59. The Morgan fingerprint density at radius 1 is 1.29 bits per heavy atom. The highest BCUT2D eigenvalue weighted by Crippen LogP contribution is 2.18. The molecule has 0 bridgehead atoms. The Kier molecular flexibility index (Phi) is 3.65. The van der Waals surface area contributed by atoms with Crippen LogP contribution in [0, 0.1) is 0 Å². The van der Waals surface area contributed by atoms with Gasteiger partial charge in [0.25, 0.3) is 5.91 Å². The fourth-order valence-corrected chi connectivity index (χ4v) is 1.65. The third-order valence-electron chi connectivity index (χ3n) is 1.86. The molecule has 2 aromatic heterocycles. The van der Waals surface area contributed by atoms with Gasteiger partial charge in [-0.2, -0.15) is 0 Å². The van der Waals surface area contributed by atoms with Crippen LogP contribution in [-0.2, 0) is 0 Å². The molecule has 1 amide bonds. The molecular weight excluding hydrogens is 307 g/mol. The van der Waals surface area contributed by atoms with Crippen molar-refractivity contribution in [2.75, 3.05) is 5.32 Å². The lowest BCUT2D eigenvalue weighted by Gasteiger charge is -2.05. The molecule has 1 N–H and O–H groups in total. The topological polar surface area (TPSA) is 67.8 Å². The lowest BCUT2D eigenvalue weighted by atomic mass is 10.2. The number of nitrogens with one attached hydrogen (secondary N) is 1. The maximum atomic E-state index is 11.9. The van der Waals surface area contributed by atoms with Crippen LogP contribution in [0.4, 0.5) is 5.82 Å². The molecule has 0 radical (unpaired) electrons. The number of hydrogen-bond acceptors (Lipinski definition) is 4. The number of halogens is 2. The second-order valence-corrected chi connectivity index (χ2v) is 4.31. The second kappa shape index (κ2) is 5.20. The highest BCUT2D eigenvalue weighted by atomic mass is 79.9. The number of anilines is 1. The van der Waals surface area contributed by atoms with Crippen molar-refractivity contribution in [1.82, 2.24) is 15.0 Å². The third kappa shape index (κ3) is 2.98. The summed E-state index contributed by atoms with van der Waals surface area (Å²) in [7, 11) is 0. The molecular formula is C10H6BrClN4O. The molecule has 86 valence electrons. The summed E-state index contributed by atoms with van der Waals surface area (Å²) < 4.78 is 0.672. The Labute approximate surface area is 110 Å². The maximum Gasteiger partial charge on any atom is 0.260 e. The van der Waals surface area contributed by atoms with Crippen molar-refractivity contribution in [3.63, 3.8) is 0 Å². The first-order chi connectivity index (χ1) is 8.16. The summed E-state index contributed by atoms with van der Waals surface area (Å²) in [5.74, 6) is -0.0298. The molecule has 0 aromatic carbocycles. The number of nitrogens with zero attached hydrogens (tertiary/aromatic N) is 3. The minimum absolute atomic E-state index is 0.134. The predicted molar refractivity (Wildman–Crippen MR) is 66.9 cm³/mol. The number of pyridine rings is 1. The van der Waals surface area contributed by atoms with Crippen LogP contribution in [0.3, 0.4) is 0 Å². The Hall–Kier alpha value is -1.53. The van der Waals surface area contributed by atoms with Crippen molar-refractivity contribution in [2.24, 2.45) is 0 Å². The van der Waals surface area contributed by atoms with E-state index >= 15 is 0 Å². The number of hydrogen-bond donors (Lipinski definition) is 1. The zero-order valence-electron chi connectivity index (χ0n) is 8.39. The van der Waals surface area contributed by atoms with E-state index in [4.69, 9.17) is 11.6 Å². The normalized spacial score (nSPS) is 10.0. The highest BCUT2D eigenvalue weighted by molar-refractivity contribution is 9.10. The first-order valence-electron chi connectivity index (χ1n) is 4.55. The monoisotopic (exact) mass is 312 g/mol. The van der Waals surface area contributed by atoms with Crippen LogP contribution in [0.15, 0.2) is 35.3 Å². The standard InChI is InChI=1S/C10H6BrClN4O/c11-6-3-7(9(12)15-4-6)10(17)16-8-5-13-1-2-14-8/h1-5H,(H,14,16,17). The van der Waals surface area contributed by atoms with E-state index in [1.165, 1.54) is 24.8 Å². The summed E-state index contributed by atoms with van der Waals surface area (Å²) in [5, 5.41) is 2.70. The van der Waals surface area contributed by atoms with E-state index in [-0.39, 0.29) is 16.6 Å². The molecule has 2 rings (SSSR count). The van der Waals surface area contributed by atoms with Crippen LogP contribution in [0.1, 0.15) is 10.4 Å². The summed E-state index contributed by atoms with van der Waals surface area (Å²) in [5.41, 5.74) is 0.270. The van der Waals surface area contributed by atoms with Crippen molar-refractivity contribution in [2.45, 2.75) is 0 Å². The van der Waals surface area contributed by atoms with E-state index in [1.807, 2.05) is 0 Å². The molecule has 2 heterocycles. The Bertz CT molecular complexity index is 549. The van der Waals surface area contributed by atoms with Gasteiger partial charge in [-0.3, -0.25) is 9.78 Å². The molecule has 0 spiro atoms. The van der Waals surface area contributed by atoms with Crippen molar-refractivity contribution in [3.05, 3.63) is 46.0 Å². The number of carbonyl (C=O) groups excluding carboxylic acids is 1. The first-order valence-corrected chi connectivity index (χ1v) is 5.72. The van der Waals surface area contributed by atoms with Gasteiger partial charge < -0.3 is 5.32 Å². The van der Waals surface area contributed by atoms with Gasteiger partial charge in [0.05, 0.1) is 11.8 Å². The van der Waals surface area contributed by atoms with E-state index < -0.39 is 0 Å². The van der Waals surface area contributed by atoms with Crippen molar-refractivity contribution in [3.8, 4) is 0 Å². The second-order valence-electron chi connectivity index (χ2n) is 3.04. The van der Waals surface area contributed by atoms with Crippen LogP contribution in [0.2, 0.25) is 5.15 Å². The Morgan fingerprint density at radius 3 is 2.82 bits per heavy atom. The van der Waals surface area contributed by atoms with E-state index in [0.29, 0.717) is 10.3 Å². The van der Waals surface area contributed by atoms with Crippen molar-refractivity contribution < 1.29 is 4.79 Å². The largest absolute Gasteiger partial charge is 0.305 e. The average molecular weight is 314 g/mol. The predicted octanol–water partition coefficient (Wildman–Crippen LogP) is 2.54. The highest BCUT2D eigenvalue weighted by Gasteiger charge is 2.12. The molecule has 7 heteroatoms. The van der Waals surface area contributed by atoms with Gasteiger partial charge in [0.1, 0.15) is 5.15 Å². The van der Waals surface area contributed by atoms with E-state index in [0.717, 1.165) is 0 Å².